The molecule has 0 bridgehead atoms. The molecule has 1 atom stereocenters. The maximum atomic E-state index is 12.3. The van der Waals surface area contributed by atoms with Gasteiger partial charge in [0.15, 0.2) is 0 Å². The molecular weight excluding hydrogens is 592 g/mol. The Hall–Kier alpha value is -1.88. The molecule has 3 rings (SSSR count). The summed E-state index contributed by atoms with van der Waals surface area (Å²) in [5.41, 5.74) is 8.04. The molecule has 2 aliphatic rings. The SMILES string of the molecule is C[C]1C(C)=C(C)C(C)=C1C.Fc1ccc(C2=NP2)cc1.[C-]#[O+].[C-]#[O+].[C-]#[O+].[C-]#[O+].[C-]#[O+].[W]. The summed E-state index contributed by atoms with van der Waals surface area (Å²) in [6, 6.07) is 6.43. The standard InChI is InChI=1S/C10H15.C7H5FNP.5CO.W/c1-6-7(2)9(4)10(5)8(6)3;8-6-3-1-5(2-4-6)7-9-10-7;5*1-2;/h1-5H3;1-4,10H;;;;;;. The van der Waals surface area contributed by atoms with Gasteiger partial charge in [-0.15, -0.1) is 0 Å². The fraction of sp³-hybridized carbons (Fsp3) is 0.227. The zero-order valence-corrected chi connectivity index (χ0v) is 21.5. The topological polar surface area (TPSA) is 112 Å². The van der Waals surface area contributed by atoms with Crippen LogP contribution in [0.4, 0.5) is 4.39 Å². The van der Waals surface area contributed by atoms with Gasteiger partial charge in [-0.1, -0.05) is 18.1 Å². The first-order valence-corrected chi connectivity index (χ1v) is 8.68. The molecule has 9 heteroatoms. The molecule has 0 fully saturated rings. The molecule has 0 N–H and O–H groups in total. The van der Waals surface area contributed by atoms with Gasteiger partial charge < -0.3 is 0 Å². The Bertz CT molecular complexity index is 775. The summed E-state index contributed by atoms with van der Waals surface area (Å²) in [7, 11) is 0.618. The second-order valence-electron chi connectivity index (χ2n) is 5.20. The fourth-order valence-electron chi connectivity index (χ4n) is 2.17. The van der Waals surface area contributed by atoms with Crippen LogP contribution < -0.4 is 0 Å². The predicted molar refractivity (Wildman–Crippen MR) is 107 cm³/mol. The summed E-state index contributed by atoms with van der Waals surface area (Å²) in [5, 5.41) is 0. The molecule has 1 unspecified atom stereocenters. The summed E-state index contributed by atoms with van der Waals surface area (Å²) in [4.78, 5) is 0. The molecule has 1 radical (unpaired) electrons. The van der Waals surface area contributed by atoms with E-state index in [1.54, 1.807) is 12.1 Å². The van der Waals surface area contributed by atoms with Crippen molar-refractivity contribution in [2.45, 2.75) is 34.6 Å². The molecule has 1 aliphatic heterocycles. The maximum Gasteiger partial charge on any atom is 0 e. The van der Waals surface area contributed by atoms with Crippen LogP contribution in [0.1, 0.15) is 40.2 Å². The van der Waals surface area contributed by atoms with E-state index in [0.717, 1.165) is 11.0 Å². The monoisotopic (exact) mass is 612 g/mol. The molecular formula is C22H20FNO5PW. The van der Waals surface area contributed by atoms with Gasteiger partial charge in [0.1, 0.15) is 5.82 Å². The normalized spacial score (nSPS) is 12.7. The van der Waals surface area contributed by atoms with Crippen molar-refractivity contribution in [2.24, 2.45) is 4.76 Å². The van der Waals surface area contributed by atoms with E-state index in [9.17, 15) is 4.39 Å². The van der Waals surface area contributed by atoms with Gasteiger partial charge in [-0.3, -0.25) is 4.76 Å². The van der Waals surface area contributed by atoms with Crippen molar-refractivity contribution in [3.05, 3.63) is 97.1 Å². The molecule has 1 aromatic carbocycles. The van der Waals surface area contributed by atoms with E-state index in [1.165, 1.54) is 40.3 Å². The van der Waals surface area contributed by atoms with Crippen molar-refractivity contribution in [1.82, 2.24) is 0 Å². The van der Waals surface area contributed by atoms with E-state index >= 15 is 0 Å². The van der Waals surface area contributed by atoms with E-state index < -0.39 is 0 Å². The second-order valence-corrected chi connectivity index (χ2v) is 6.12. The molecule has 0 amide bonds. The summed E-state index contributed by atoms with van der Waals surface area (Å²) < 4.78 is 53.9. The minimum absolute atomic E-state index is 0. The summed E-state index contributed by atoms with van der Waals surface area (Å²) >= 11 is 0. The number of hydrogen-bond acceptors (Lipinski definition) is 1. The third-order valence-electron chi connectivity index (χ3n) is 4.15. The Balaban J connectivity index is -0.000000102. The van der Waals surface area contributed by atoms with Crippen molar-refractivity contribution in [3.63, 3.8) is 0 Å². The quantitative estimate of drug-likeness (QED) is 0.234. The third-order valence-corrected chi connectivity index (χ3v) is 4.89. The van der Waals surface area contributed by atoms with Crippen LogP contribution in [-0.4, -0.2) is 5.45 Å². The number of hydrogen-bond donors (Lipinski definition) is 0. The van der Waals surface area contributed by atoms with Gasteiger partial charge in [-0.05, 0) is 63.1 Å². The number of nitrogens with zero attached hydrogens (tertiary/aromatic N) is 1. The second kappa shape index (κ2) is 26.2. The molecule has 31 heavy (non-hydrogen) atoms. The predicted octanol–water partition coefficient (Wildman–Crippen LogP) is 5.26. The number of rotatable bonds is 1. The molecule has 0 spiro atoms. The zero-order chi connectivity index (χ0) is 24.9. The largest absolute Gasteiger partial charge is 0 e. The molecule has 1 aromatic rings. The molecule has 0 saturated heterocycles. The van der Waals surface area contributed by atoms with Crippen LogP contribution in [0.25, 0.3) is 0 Å². The molecule has 0 saturated carbocycles. The average Bonchev–Trinajstić information content (AvgIpc) is 3.67. The zero-order valence-electron chi connectivity index (χ0n) is 17.6. The van der Waals surface area contributed by atoms with Crippen LogP contribution in [0.2, 0.25) is 0 Å². The Morgan fingerprint density at radius 1 is 0.645 bits per heavy atom. The van der Waals surface area contributed by atoms with Crippen LogP contribution in [0.15, 0.2) is 51.3 Å². The Morgan fingerprint density at radius 3 is 1.13 bits per heavy atom. The van der Waals surface area contributed by atoms with E-state index in [4.69, 9.17) is 23.3 Å². The molecule has 1 aliphatic carbocycles. The van der Waals surface area contributed by atoms with E-state index in [0.29, 0.717) is 8.73 Å². The van der Waals surface area contributed by atoms with Gasteiger partial charge in [-0.2, -0.15) is 0 Å². The van der Waals surface area contributed by atoms with Crippen LogP contribution in [-0.2, 0) is 44.3 Å². The van der Waals surface area contributed by atoms with Gasteiger partial charge in [-0.25, -0.2) is 4.39 Å². The molecule has 0 aromatic heterocycles. The summed E-state index contributed by atoms with van der Waals surface area (Å²) in [5.74, 6) is 1.28. The first kappa shape index (κ1) is 39.6. The van der Waals surface area contributed by atoms with Gasteiger partial charge in [0.05, 0.1) is 14.2 Å². The van der Waals surface area contributed by atoms with Crippen molar-refractivity contribution in [2.75, 3.05) is 0 Å². The number of allylic oxidation sites excluding steroid dienone is 4. The van der Waals surface area contributed by atoms with Gasteiger partial charge in [0, 0.05) is 32.5 Å². The summed E-state index contributed by atoms with van der Waals surface area (Å²) in [6.45, 7) is 33.5. The van der Waals surface area contributed by atoms with Gasteiger partial charge in [0.25, 0.3) is 0 Å². The first-order chi connectivity index (χ1) is 14.4. The van der Waals surface area contributed by atoms with E-state index in [1.807, 2.05) is 0 Å². The van der Waals surface area contributed by atoms with Crippen LogP contribution in [0.5, 0.6) is 0 Å². The van der Waals surface area contributed by atoms with Crippen molar-refractivity contribution >= 4 is 14.2 Å². The minimum Gasteiger partial charge on any atom is 0 e. The van der Waals surface area contributed by atoms with Crippen LogP contribution in [0, 0.1) is 45.0 Å². The van der Waals surface area contributed by atoms with Crippen molar-refractivity contribution < 1.29 is 48.7 Å². The first-order valence-electron chi connectivity index (χ1n) is 7.73. The smallest absolute Gasteiger partial charge is 0 e. The fourth-order valence-corrected chi connectivity index (χ4v) is 2.65. The van der Waals surface area contributed by atoms with Crippen LogP contribution >= 0.6 is 8.73 Å². The number of halogens is 1. The average molecular weight is 612 g/mol. The van der Waals surface area contributed by atoms with E-state index in [2.05, 4.69) is 72.6 Å². The van der Waals surface area contributed by atoms with Gasteiger partial charge in [0.2, 0.25) is 0 Å². The maximum absolute atomic E-state index is 12.3. The summed E-state index contributed by atoms with van der Waals surface area (Å²) in [6.07, 6.45) is 0. The van der Waals surface area contributed by atoms with E-state index in [-0.39, 0.29) is 26.9 Å². The third kappa shape index (κ3) is 15.6. The number of benzene rings is 1. The molecule has 1 heterocycles. The van der Waals surface area contributed by atoms with Crippen molar-refractivity contribution in [1.29, 1.82) is 0 Å². The minimum atomic E-state index is -0.187. The Labute approximate surface area is 199 Å². The molecule has 161 valence electrons. The van der Waals surface area contributed by atoms with Crippen LogP contribution in [0.3, 0.4) is 0 Å². The Kier molecular flexibility index (Phi) is 33.4. The Morgan fingerprint density at radius 2 is 0.935 bits per heavy atom. The molecule has 6 nitrogen and oxygen atoms in total. The van der Waals surface area contributed by atoms with Crippen molar-refractivity contribution in [3.8, 4) is 0 Å². The van der Waals surface area contributed by atoms with Gasteiger partial charge >= 0.3 is 56.5 Å².